The number of nitrogens with one attached hydrogen (secondary N) is 1. The van der Waals surface area contributed by atoms with Crippen LogP contribution in [0.2, 0.25) is 0 Å². The van der Waals surface area contributed by atoms with Crippen molar-refractivity contribution in [3.8, 4) is 0 Å². The van der Waals surface area contributed by atoms with Gasteiger partial charge >= 0.3 is 0 Å². The van der Waals surface area contributed by atoms with Crippen LogP contribution in [0.15, 0.2) is 30.5 Å². The highest BCUT2D eigenvalue weighted by molar-refractivity contribution is 5.94. The number of aryl methyl sites for hydroxylation is 1. The summed E-state index contributed by atoms with van der Waals surface area (Å²) in [6.07, 6.45) is 10.7. The summed E-state index contributed by atoms with van der Waals surface area (Å²) in [5.41, 5.74) is 5.16. The van der Waals surface area contributed by atoms with E-state index in [2.05, 4.69) is 49.3 Å². The summed E-state index contributed by atoms with van der Waals surface area (Å²) in [7, 11) is 0. The number of aromatic amines is 1. The van der Waals surface area contributed by atoms with Gasteiger partial charge in [-0.1, -0.05) is 50.5 Å². The lowest BCUT2D eigenvalue weighted by molar-refractivity contribution is -0.130. The molecule has 24 heavy (non-hydrogen) atoms. The van der Waals surface area contributed by atoms with Crippen molar-refractivity contribution in [1.29, 1.82) is 0 Å². The van der Waals surface area contributed by atoms with Crippen molar-refractivity contribution in [2.24, 2.45) is 0 Å². The van der Waals surface area contributed by atoms with Crippen LogP contribution >= 0.6 is 0 Å². The Morgan fingerprint density at radius 1 is 1.25 bits per heavy atom. The molecule has 1 amide bonds. The van der Waals surface area contributed by atoms with Gasteiger partial charge in [0.15, 0.2) is 0 Å². The number of rotatable bonds is 6. The van der Waals surface area contributed by atoms with E-state index < -0.39 is 0 Å². The topological polar surface area (TPSA) is 36.1 Å². The first-order valence-electron chi connectivity index (χ1n) is 9.24. The highest BCUT2D eigenvalue weighted by Crippen LogP contribution is 2.30. The summed E-state index contributed by atoms with van der Waals surface area (Å²) in [6, 6.07) is 6.43. The van der Waals surface area contributed by atoms with Gasteiger partial charge in [-0.05, 0) is 30.9 Å². The largest absolute Gasteiger partial charge is 0.360 e. The quantitative estimate of drug-likeness (QED) is 0.741. The molecule has 128 valence electrons. The third-order valence-corrected chi connectivity index (χ3v) is 5.08. The van der Waals surface area contributed by atoms with E-state index in [1.54, 1.807) is 0 Å². The van der Waals surface area contributed by atoms with Gasteiger partial charge in [-0.3, -0.25) is 4.79 Å². The zero-order chi connectivity index (χ0) is 16.9. The number of carbonyl (C=O) groups excluding carboxylic acids is 1. The van der Waals surface area contributed by atoms with Crippen molar-refractivity contribution in [3.63, 3.8) is 0 Å². The van der Waals surface area contributed by atoms with Crippen LogP contribution in [0.1, 0.15) is 56.6 Å². The fraction of sp³-hybridized carbons (Fsp3) is 0.476. The molecule has 2 aromatic rings. The van der Waals surface area contributed by atoms with Crippen LogP contribution in [0.3, 0.4) is 0 Å². The molecular weight excluding hydrogens is 296 g/mol. The second-order valence-corrected chi connectivity index (χ2v) is 6.83. The molecule has 1 aromatic heterocycles. The fourth-order valence-electron chi connectivity index (χ4n) is 3.57. The van der Waals surface area contributed by atoms with Crippen LogP contribution < -0.4 is 0 Å². The molecule has 0 unspecified atom stereocenters. The molecule has 2 heterocycles. The predicted molar refractivity (Wildman–Crippen MR) is 101 cm³/mol. The molecule has 0 saturated carbocycles. The van der Waals surface area contributed by atoms with E-state index in [1.165, 1.54) is 46.9 Å². The molecule has 1 aliphatic heterocycles. The van der Waals surface area contributed by atoms with Crippen LogP contribution in [0.4, 0.5) is 0 Å². The number of H-pyrrole nitrogens is 1. The molecule has 3 rings (SSSR count). The Hall–Kier alpha value is -2.03. The summed E-state index contributed by atoms with van der Waals surface area (Å²) in [4.78, 5) is 17.7. The number of unbranched alkanes of at least 4 members (excludes halogenated alkanes) is 3. The molecule has 0 spiro atoms. The Kier molecular flexibility index (Phi) is 5.39. The van der Waals surface area contributed by atoms with Gasteiger partial charge in [-0.15, -0.1) is 0 Å². The number of hydrogen-bond donors (Lipinski definition) is 1. The standard InChI is InChI=1S/C21H28N2O/c1-3-4-5-6-10-20(24)23-13-11-17(12-14-23)19-15-22-21-16(2)8-7-9-18(19)21/h7-9,11,15,22H,3-6,10,12-14H2,1-2H3. The third kappa shape index (κ3) is 3.55. The van der Waals surface area contributed by atoms with E-state index in [0.717, 1.165) is 25.9 Å². The number of para-hydroxylation sites is 1. The molecule has 0 atom stereocenters. The monoisotopic (exact) mass is 324 g/mol. The zero-order valence-electron chi connectivity index (χ0n) is 14.9. The molecule has 1 aliphatic rings. The summed E-state index contributed by atoms with van der Waals surface area (Å²) >= 11 is 0. The molecule has 0 aliphatic carbocycles. The number of carbonyl (C=O) groups is 1. The van der Waals surface area contributed by atoms with Gasteiger partial charge in [0.1, 0.15) is 0 Å². The third-order valence-electron chi connectivity index (χ3n) is 5.08. The first-order chi connectivity index (χ1) is 11.7. The molecule has 1 aromatic carbocycles. The minimum Gasteiger partial charge on any atom is -0.360 e. The number of aromatic nitrogens is 1. The summed E-state index contributed by atoms with van der Waals surface area (Å²) in [6.45, 7) is 5.93. The minimum absolute atomic E-state index is 0.316. The number of amides is 1. The Labute approximate surface area is 144 Å². The number of benzene rings is 1. The molecule has 3 heteroatoms. The van der Waals surface area contributed by atoms with E-state index in [0.29, 0.717) is 12.3 Å². The van der Waals surface area contributed by atoms with Crippen LogP contribution in [0.25, 0.3) is 16.5 Å². The van der Waals surface area contributed by atoms with Crippen molar-refractivity contribution in [2.45, 2.75) is 52.4 Å². The van der Waals surface area contributed by atoms with Crippen LogP contribution in [-0.4, -0.2) is 28.9 Å². The Balaban J connectivity index is 1.64. The number of fused-ring (bicyclic) bond motifs is 1. The first-order valence-corrected chi connectivity index (χ1v) is 9.24. The van der Waals surface area contributed by atoms with E-state index in [4.69, 9.17) is 0 Å². The normalized spacial score (nSPS) is 14.9. The molecule has 1 N–H and O–H groups in total. The lowest BCUT2D eigenvalue weighted by atomic mass is 9.98. The van der Waals surface area contributed by atoms with Gasteiger partial charge in [0.2, 0.25) is 5.91 Å². The number of nitrogens with zero attached hydrogens (tertiary/aromatic N) is 1. The van der Waals surface area contributed by atoms with Gasteiger partial charge < -0.3 is 9.88 Å². The lowest BCUT2D eigenvalue weighted by Gasteiger charge is -2.26. The molecule has 0 bridgehead atoms. The Bertz CT molecular complexity index is 741. The fourth-order valence-corrected chi connectivity index (χ4v) is 3.57. The lowest BCUT2D eigenvalue weighted by Crippen LogP contribution is -2.34. The Morgan fingerprint density at radius 3 is 2.88 bits per heavy atom. The van der Waals surface area contributed by atoms with Gasteiger partial charge in [0.05, 0.1) is 0 Å². The van der Waals surface area contributed by atoms with Crippen molar-refractivity contribution in [3.05, 3.63) is 41.6 Å². The molecule has 0 radical (unpaired) electrons. The van der Waals surface area contributed by atoms with E-state index in [-0.39, 0.29) is 0 Å². The maximum Gasteiger partial charge on any atom is 0.222 e. The average Bonchev–Trinajstić information content (AvgIpc) is 3.04. The summed E-state index contributed by atoms with van der Waals surface area (Å²) < 4.78 is 0. The second-order valence-electron chi connectivity index (χ2n) is 6.83. The second kappa shape index (κ2) is 7.69. The smallest absolute Gasteiger partial charge is 0.222 e. The SMILES string of the molecule is CCCCCCC(=O)N1CC=C(c2c[nH]c3c(C)cccc23)CC1. The van der Waals surface area contributed by atoms with Crippen LogP contribution in [-0.2, 0) is 4.79 Å². The van der Waals surface area contributed by atoms with Crippen molar-refractivity contribution in [1.82, 2.24) is 9.88 Å². The van der Waals surface area contributed by atoms with Gasteiger partial charge in [-0.25, -0.2) is 0 Å². The predicted octanol–water partition coefficient (Wildman–Crippen LogP) is 5.06. The summed E-state index contributed by atoms with van der Waals surface area (Å²) in [5.74, 6) is 0.316. The van der Waals surface area contributed by atoms with Crippen LogP contribution in [0.5, 0.6) is 0 Å². The van der Waals surface area contributed by atoms with E-state index in [9.17, 15) is 4.79 Å². The van der Waals surface area contributed by atoms with Crippen LogP contribution in [0, 0.1) is 6.92 Å². The average molecular weight is 324 g/mol. The van der Waals surface area contributed by atoms with Gasteiger partial charge in [-0.2, -0.15) is 0 Å². The maximum absolute atomic E-state index is 12.3. The van der Waals surface area contributed by atoms with Crippen molar-refractivity contribution >= 4 is 22.4 Å². The Morgan fingerprint density at radius 2 is 2.12 bits per heavy atom. The van der Waals surface area contributed by atoms with E-state index >= 15 is 0 Å². The highest BCUT2D eigenvalue weighted by atomic mass is 16.2. The van der Waals surface area contributed by atoms with Crippen molar-refractivity contribution < 1.29 is 4.79 Å². The van der Waals surface area contributed by atoms with E-state index in [1.807, 2.05) is 4.90 Å². The zero-order valence-corrected chi connectivity index (χ0v) is 14.9. The number of hydrogen-bond acceptors (Lipinski definition) is 1. The molecular formula is C21H28N2O. The molecule has 0 saturated heterocycles. The van der Waals surface area contributed by atoms with Gasteiger partial charge in [0, 0.05) is 42.2 Å². The van der Waals surface area contributed by atoms with Gasteiger partial charge in [0.25, 0.3) is 0 Å². The molecule has 3 nitrogen and oxygen atoms in total. The minimum atomic E-state index is 0.316. The highest BCUT2D eigenvalue weighted by Gasteiger charge is 2.19. The first kappa shape index (κ1) is 16.8. The molecule has 0 fully saturated rings. The summed E-state index contributed by atoms with van der Waals surface area (Å²) in [5, 5.41) is 1.29. The maximum atomic E-state index is 12.3. The van der Waals surface area contributed by atoms with Crippen molar-refractivity contribution in [2.75, 3.05) is 13.1 Å².